The second-order valence-corrected chi connectivity index (χ2v) is 3.46. The van der Waals surface area contributed by atoms with Gasteiger partial charge >= 0.3 is 33.0 Å². The first kappa shape index (κ1) is 13.6. The van der Waals surface area contributed by atoms with Gasteiger partial charge in [-0.2, -0.15) is 0 Å². The molecule has 2 rings (SSSR count). The Morgan fingerprint density at radius 1 is 1.35 bits per heavy atom. The van der Waals surface area contributed by atoms with Crippen LogP contribution in [0.2, 0.25) is 0 Å². The molecule has 0 bridgehead atoms. The monoisotopic (exact) mass is 402 g/mol. The van der Waals surface area contributed by atoms with Gasteiger partial charge in [0, 0.05) is 5.57 Å². The van der Waals surface area contributed by atoms with E-state index in [1.807, 2.05) is 0 Å². The fraction of sp³-hybridized carbons (Fsp3) is 0.182. The van der Waals surface area contributed by atoms with E-state index in [4.69, 9.17) is 10.2 Å². The summed E-state index contributed by atoms with van der Waals surface area (Å²) in [5.41, 5.74) is 0.290. The maximum Gasteiger partial charge on any atom is 2.00 e. The molecule has 6 heteroatoms. The van der Waals surface area contributed by atoms with Crippen LogP contribution in [0, 0.1) is 12.0 Å². The average Bonchev–Trinajstić information content (AvgIpc) is 2.61. The van der Waals surface area contributed by atoms with Crippen molar-refractivity contribution in [1.82, 2.24) is 0 Å². The predicted octanol–water partition coefficient (Wildman–Crippen LogP) is 0.797. The molecular formula is C11H8NO4W+. The molecule has 1 atom stereocenters. The number of nitrogens with zero attached hydrogens (tertiary/aromatic N) is 1. The third-order valence-corrected chi connectivity index (χ3v) is 2.49. The van der Waals surface area contributed by atoms with Crippen molar-refractivity contribution in [3.8, 4) is 0 Å². The van der Waals surface area contributed by atoms with Crippen LogP contribution in [0.4, 0.5) is 0 Å². The molecule has 0 amide bonds. The summed E-state index contributed by atoms with van der Waals surface area (Å²) in [6, 6.07) is 0. The van der Waals surface area contributed by atoms with Crippen LogP contribution >= 0.6 is 0 Å². The zero-order chi connectivity index (χ0) is 11.9. The van der Waals surface area contributed by atoms with Crippen molar-refractivity contribution in [2.24, 2.45) is 10.9 Å². The first-order chi connectivity index (χ1) is 7.52. The standard InChI is InChI=1S/C11H8NO4.W/c1-5-8(10(13)14)9(11(15)16)6-3-2-4-7(6)12-5;/h2-3,6H,1H3,(H,13,14)(H,15,16);/q-1;+2. The summed E-state index contributed by atoms with van der Waals surface area (Å²) in [5, 5.41) is 18.1. The molecule has 1 heterocycles. The number of allylic oxidation sites excluding steroid dienone is 3. The molecule has 86 valence electrons. The quantitative estimate of drug-likeness (QED) is 0.670. The fourth-order valence-corrected chi connectivity index (χ4v) is 1.84. The first-order valence-electron chi connectivity index (χ1n) is 4.59. The smallest absolute Gasteiger partial charge is 0.478 e. The number of dihydropyridines is 1. The van der Waals surface area contributed by atoms with Gasteiger partial charge in [0.2, 0.25) is 0 Å². The van der Waals surface area contributed by atoms with Crippen molar-refractivity contribution in [2.45, 2.75) is 6.92 Å². The van der Waals surface area contributed by atoms with Crippen molar-refractivity contribution in [3.05, 3.63) is 35.1 Å². The summed E-state index contributed by atoms with van der Waals surface area (Å²) in [7, 11) is 0. The molecule has 0 aromatic rings. The Morgan fingerprint density at radius 2 is 2.00 bits per heavy atom. The molecular weight excluding hydrogens is 394 g/mol. The van der Waals surface area contributed by atoms with Crippen LogP contribution in [0.1, 0.15) is 6.92 Å². The van der Waals surface area contributed by atoms with E-state index in [1.165, 1.54) is 6.92 Å². The molecule has 0 radical (unpaired) electrons. The van der Waals surface area contributed by atoms with Crippen LogP contribution < -0.4 is 0 Å². The van der Waals surface area contributed by atoms with Crippen LogP contribution in [-0.4, -0.2) is 27.9 Å². The van der Waals surface area contributed by atoms with E-state index in [-0.39, 0.29) is 37.9 Å². The molecule has 0 aromatic heterocycles. The summed E-state index contributed by atoms with van der Waals surface area (Å²) >= 11 is 0. The molecule has 0 aromatic carbocycles. The molecule has 5 nitrogen and oxygen atoms in total. The Morgan fingerprint density at radius 3 is 2.53 bits per heavy atom. The van der Waals surface area contributed by atoms with Gasteiger partial charge < -0.3 is 10.2 Å². The minimum absolute atomic E-state index is 0. The van der Waals surface area contributed by atoms with Crippen molar-refractivity contribution in [3.63, 3.8) is 0 Å². The summed E-state index contributed by atoms with van der Waals surface area (Å²) in [6.07, 6.45) is 5.93. The van der Waals surface area contributed by atoms with Crippen LogP contribution in [0.3, 0.4) is 0 Å². The molecule has 0 saturated heterocycles. The molecule has 2 N–H and O–H groups in total. The van der Waals surface area contributed by atoms with Gasteiger partial charge in [-0.1, -0.05) is 5.70 Å². The normalized spacial score (nSPS) is 21.4. The van der Waals surface area contributed by atoms with Gasteiger partial charge in [0.1, 0.15) is 0 Å². The number of carbonyl (C=O) groups is 2. The summed E-state index contributed by atoms with van der Waals surface area (Å²) in [4.78, 5) is 26.2. The number of hydrogen-bond donors (Lipinski definition) is 2. The number of aliphatic imine (C=N–C) groups is 1. The van der Waals surface area contributed by atoms with Gasteiger partial charge in [0.15, 0.2) is 0 Å². The Bertz CT molecular complexity index is 514. The molecule has 0 spiro atoms. The third kappa shape index (κ3) is 2.15. The maximum atomic E-state index is 11.1. The van der Waals surface area contributed by atoms with Crippen molar-refractivity contribution < 1.29 is 40.9 Å². The van der Waals surface area contributed by atoms with Gasteiger partial charge in [-0.15, -0.1) is 0 Å². The Labute approximate surface area is 112 Å². The van der Waals surface area contributed by atoms with Gasteiger partial charge in [0.05, 0.1) is 11.3 Å². The van der Waals surface area contributed by atoms with Crippen LogP contribution in [0.5, 0.6) is 0 Å². The number of aliphatic carboxylic acids is 2. The van der Waals surface area contributed by atoms with Crippen molar-refractivity contribution >= 4 is 17.7 Å². The third-order valence-electron chi connectivity index (χ3n) is 2.49. The number of fused-ring (bicyclic) bond motifs is 1. The second-order valence-electron chi connectivity index (χ2n) is 3.46. The fourth-order valence-electron chi connectivity index (χ4n) is 1.84. The zero-order valence-electron chi connectivity index (χ0n) is 8.80. The summed E-state index contributed by atoms with van der Waals surface area (Å²) < 4.78 is 0. The van der Waals surface area contributed by atoms with Crippen LogP contribution in [-0.2, 0) is 30.7 Å². The number of carboxylic acids is 2. The molecule has 1 aliphatic carbocycles. The van der Waals surface area contributed by atoms with Crippen molar-refractivity contribution in [1.29, 1.82) is 0 Å². The molecule has 1 aliphatic heterocycles. The van der Waals surface area contributed by atoms with Gasteiger partial charge in [-0.3, -0.25) is 4.99 Å². The summed E-state index contributed by atoms with van der Waals surface area (Å²) in [6.45, 7) is 1.48. The van der Waals surface area contributed by atoms with Crippen LogP contribution in [0.25, 0.3) is 0 Å². The second kappa shape index (κ2) is 4.80. The molecule has 0 saturated carbocycles. The molecule has 0 fully saturated rings. The first-order valence-corrected chi connectivity index (χ1v) is 4.59. The number of rotatable bonds is 2. The minimum Gasteiger partial charge on any atom is -0.478 e. The number of hydrogen-bond acceptors (Lipinski definition) is 3. The van der Waals surface area contributed by atoms with Gasteiger partial charge in [0.25, 0.3) is 0 Å². The van der Waals surface area contributed by atoms with E-state index in [9.17, 15) is 9.59 Å². The van der Waals surface area contributed by atoms with E-state index >= 15 is 0 Å². The van der Waals surface area contributed by atoms with Gasteiger partial charge in [-0.25, -0.2) is 27.8 Å². The molecule has 2 aliphatic rings. The van der Waals surface area contributed by atoms with E-state index in [1.54, 1.807) is 12.2 Å². The number of carboxylic acid groups (broad SMARTS) is 2. The maximum absolute atomic E-state index is 11.1. The largest absolute Gasteiger partial charge is 2.00 e. The van der Waals surface area contributed by atoms with E-state index < -0.39 is 17.9 Å². The van der Waals surface area contributed by atoms with E-state index in [2.05, 4.69) is 11.1 Å². The topological polar surface area (TPSA) is 87.0 Å². The zero-order valence-corrected chi connectivity index (χ0v) is 11.7. The minimum atomic E-state index is -1.27. The predicted molar refractivity (Wildman–Crippen MR) is 54.8 cm³/mol. The Balaban J connectivity index is 0.00000144. The average molecular weight is 402 g/mol. The molecule has 17 heavy (non-hydrogen) atoms. The summed E-state index contributed by atoms with van der Waals surface area (Å²) in [5.74, 6) is -3.09. The van der Waals surface area contributed by atoms with E-state index in [0.717, 1.165) is 0 Å². The van der Waals surface area contributed by atoms with E-state index in [0.29, 0.717) is 5.70 Å². The molecule has 1 unspecified atom stereocenters. The Kier molecular flexibility index (Phi) is 3.83. The Hall–Kier alpha value is -1.48. The SMILES string of the molecule is CC1=NC2=[C-]C=CC2C(C(=O)O)=C1C(=O)O.[W+2]. The van der Waals surface area contributed by atoms with Crippen molar-refractivity contribution in [2.75, 3.05) is 0 Å². The van der Waals surface area contributed by atoms with Gasteiger partial charge in [-0.05, 0) is 12.8 Å². The van der Waals surface area contributed by atoms with Crippen LogP contribution in [0.15, 0.2) is 34.0 Å².